The van der Waals surface area contributed by atoms with Crippen LogP contribution in [0, 0.1) is 0 Å². The van der Waals surface area contributed by atoms with Gasteiger partial charge >= 0.3 is 5.97 Å². The largest absolute Gasteiger partial charge is 0.494 e. The fraction of sp³-hybridized carbons (Fsp3) is 0.562. The lowest BCUT2D eigenvalue weighted by Crippen LogP contribution is -2.56. The van der Waals surface area contributed by atoms with E-state index in [2.05, 4.69) is 5.32 Å². The molecule has 1 aromatic carbocycles. The van der Waals surface area contributed by atoms with E-state index in [0.717, 1.165) is 5.75 Å². The number of benzene rings is 1. The summed E-state index contributed by atoms with van der Waals surface area (Å²) in [5.41, 5.74) is -0.898. The van der Waals surface area contributed by atoms with E-state index < -0.39 is 5.54 Å². The van der Waals surface area contributed by atoms with E-state index >= 15 is 0 Å². The van der Waals surface area contributed by atoms with Gasteiger partial charge in [-0.3, -0.25) is 5.32 Å². The summed E-state index contributed by atoms with van der Waals surface area (Å²) in [7, 11) is 1.37. The van der Waals surface area contributed by atoms with Crippen molar-refractivity contribution in [1.29, 1.82) is 0 Å². The van der Waals surface area contributed by atoms with Crippen molar-refractivity contribution in [3.8, 4) is 11.5 Å². The lowest BCUT2D eigenvalue weighted by atomic mass is 10.0. The normalized spacial score (nSPS) is 13.6. The summed E-state index contributed by atoms with van der Waals surface area (Å²) in [4.78, 5) is 12.0. The van der Waals surface area contributed by atoms with Crippen molar-refractivity contribution >= 4 is 5.97 Å². The van der Waals surface area contributed by atoms with Crippen LogP contribution in [0.1, 0.15) is 27.7 Å². The van der Waals surface area contributed by atoms with Crippen LogP contribution in [0.3, 0.4) is 0 Å². The number of hydrogen-bond donors (Lipinski definition) is 1. The molecule has 1 N–H and O–H groups in total. The van der Waals surface area contributed by atoms with Crippen LogP contribution >= 0.6 is 0 Å². The average molecular weight is 295 g/mol. The van der Waals surface area contributed by atoms with E-state index in [1.807, 2.05) is 39.0 Å². The van der Waals surface area contributed by atoms with Crippen molar-refractivity contribution in [3.05, 3.63) is 24.3 Å². The van der Waals surface area contributed by atoms with Crippen LogP contribution in [0.15, 0.2) is 24.3 Å². The number of methoxy groups -OCH3 is 1. The van der Waals surface area contributed by atoms with Crippen LogP contribution in [0.4, 0.5) is 0 Å². The smallest absolute Gasteiger partial charge is 0.329 e. The van der Waals surface area contributed by atoms with Crippen LogP contribution in [0.25, 0.3) is 0 Å². The summed E-state index contributed by atoms with van der Waals surface area (Å²) in [5.74, 6) is 1.05. The van der Waals surface area contributed by atoms with Gasteiger partial charge in [-0.2, -0.15) is 0 Å². The molecule has 1 aromatic rings. The van der Waals surface area contributed by atoms with Crippen LogP contribution in [-0.2, 0) is 9.53 Å². The minimum absolute atomic E-state index is 0.132. The molecule has 0 aliphatic carbocycles. The predicted octanol–water partition coefficient (Wildman–Crippen LogP) is 2.39. The Morgan fingerprint density at radius 2 is 1.90 bits per heavy atom. The Kier molecular flexibility index (Phi) is 6.49. The van der Waals surface area contributed by atoms with Crippen LogP contribution in [0.2, 0.25) is 0 Å². The first-order chi connectivity index (χ1) is 9.91. The first-order valence-corrected chi connectivity index (χ1v) is 7.13. The molecule has 0 bridgehead atoms. The molecule has 1 unspecified atom stereocenters. The Morgan fingerprint density at radius 1 is 1.29 bits per heavy atom. The minimum atomic E-state index is -0.898. The first-order valence-electron chi connectivity index (χ1n) is 7.13. The molecule has 0 heterocycles. The molecule has 5 nitrogen and oxygen atoms in total. The maximum atomic E-state index is 12.0. The van der Waals surface area contributed by atoms with Gasteiger partial charge in [0.15, 0.2) is 0 Å². The van der Waals surface area contributed by atoms with Gasteiger partial charge in [0, 0.05) is 12.1 Å². The fourth-order valence-electron chi connectivity index (χ4n) is 2.07. The van der Waals surface area contributed by atoms with Crippen molar-refractivity contribution in [2.75, 3.05) is 20.3 Å². The Balaban J connectivity index is 2.76. The summed E-state index contributed by atoms with van der Waals surface area (Å²) in [6, 6.07) is 7.48. The van der Waals surface area contributed by atoms with Gasteiger partial charge in [-0.05, 0) is 39.8 Å². The lowest BCUT2D eigenvalue weighted by molar-refractivity contribution is -0.149. The van der Waals surface area contributed by atoms with Crippen molar-refractivity contribution in [2.24, 2.45) is 0 Å². The molecule has 0 amide bonds. The Morgan fingerprint density at radius 3 is 2.43 bits per heavy atom. The Labute approximate surface area is 126 Å². The highest BCUT2D eigenvalue weighted by molar-refractivity contribution is 5.80. The molecule has 21 heavy (non-hydrogen) atoms. The number of hydrogen-bond acceptors (Lipinski definition) is 5. The molecule has 0 spiro atoms. The third kappa shape index (κ3) is 5.27. The van der Waals surface area contributed by atoms with Gasteiger partial charge in [0.2, 0.25) is 0 Å². The molecule has 1 atom stereocenters. The number of rotatable bonds is 8. The van der Waals surface area contributed by atoms with E-state index in [1.165, 1.54) is 7.11 Å². The molecule has 0 saturated carbocycles. The molecule has 0 aromatic heterocycles. The van der Waals surface area contributed by atoms with Crippen LogP contribution < -0.4 is 14.8 Å². The monoisotopic (exact) mass is 295 g/mol. The van der Waals surface area contributed by atoms with Crippen molar-refractivity contribution in [3.63, 3.8) is 0 Å². The van der Waals surface area contributed by atoms with Crippen LogP contribution in [-0.4, -0.2) is 37.9 Å². The quantitative estimate of drug-likeness (QED) is 0.746. The summed E-state index contributed by atoms with van der Waals surface area (Å²) in [6.45, 7) is 8.40. The third-order valence-corrected chi connectivity index (χ3v) is 2.89. The fourth-order valence-corrected chi connectivity index (χ4v) is 2.07. The molecule has 118 valence electrons. The van der Waals surface area contributed by atoms with E-state index in [0.29, 0.717) is 12.4 Å². The van der Waals surface area contributed by atoms with E-state index in [-0.39, 0.29) is 18.6 Å². The van der Waals surface area contributed by atoms with Gasteiger partial charge in [-0.1, -0.05) is 6.07 Å². The molecular formula is C16H25NO4. The predicted molar refractivity (Wildman–Crippen MR) is 81.8 cm³/mol. The highest BCUT2D eigenvalue weighted by Gasteiger charge is 2.35. The zero-order valence-corrected chi connectivity index (χ0v) is 13.4. The maximum absolute atomic E-state index is 12.0. The summed E-state index contributed by atoms with van der Waals surface area (Å²) < 4.78 is 16.0. The van der Waals surface area contributed by atoms with Gasteiger partial charge in [-0.15, -0.1) is 0 Å². The van der Waals surface area contributed by atoms with E-state index in [1.54, 1.807) is 13.0 Å². The van der Waals surface area contributed by atoms with Gasteiger partial charge in [0.05, 0.1) is 13.7 Å². The molecule has 0 aliphatic rings. The molecule has 0 saturated heterocycles. The van der Waals surface area contributed by atoms with Gasteiger partial charge in [0.25, 0.3) is 0 Å². The lowest BCUT2D eigenvalue weighted by Gasteiger charge is -2.30. The maximum Gasteiger partial charge on any atom is 0.329 e. The molecule has 0 fully saturated rings. The highest BCUT2D eigenvalue weighted by Crippen LogP contribution is 2.21. The third-order valence-electron chi connectivity index (χ3n) is 2.89. The molecule has 0 radical (unpaired) electrons. The standard InChI is InChI=1S/C16H25NO4/c1-6-20-13-8-7-9-14(10-13)21-11-16(4,15(18)19-5)17-12(2)3/h7-10,12,17H,6,11H2,1-5H3. The summed E-state index contributed by atoms with van der Waals surface area (Å²) >= 11 is 0. The van der Waals surface area contributed by atoms with Gasteiger partial charge in [0.1, 0.15) is 23.6 Å². The van der Waals surface area contributed by atoms with Crippen molar-refractivity contribution in [2.45, 2.75) is 39.3 Å². The topological polar surface area (TPSA) is 56.8 Å². The number of carbonyl (C=O) groups is 1. The number of esters is 1. The molecule has 0 aliphatic heterocycles. The Hall–Kier alpha value is -1.75. The first kappa shape index (κ1) is 17.3. The Bertz CT molecular complexity index is 461. The molecular weight excluding hydrogens is 270 g/mol. The molecule has 1 rings (SSSR count). The number of carbonyl (C=O) groups excluding carboxylic acids is 1. The van der Waals surface area contributed by atoms with Crippen molar-refractivity contribution < 1.29 is 19.0 Å². The second-order valence-electron chi connectivity index (χ2n) is 5.32. The zero-order valence-electron chi connectivity index (χ0n) is 13.4. The van der Waals surface area contributed by atoms with Crippen LogP contribution in [0.5, 0.6) is 11.5 Å². The molecule has 5 heteroatoms. The van der Waals surface area contributed by atoms with Gasteiger partial charge < -0.3 is 14.2 Å². The second-order valence-corrected chi connectivity index (χ2v) is 5.32. The number of nitrogens with one attached hydrogen (secondary N) is 1. The SMILES string of the molecule is CCOc1cccc(OCC(C)(NC(C)C)C(=O)OC)c1. The highest BCUT2D eigenvalue weighted by atomic mass is 16.5. The van der Waals surface area contributed by atoms with Crippen molar-refractivity contribution in [1.82, 2.24) is 5.32 Å². The average Bonchev–Trinajstić information content (AvgIpc) is 2.44. The summed E-state index contributed by atoms with van der Waals surface area (Å²) in [6.07, 6.45) is 0. The number of ether oxygens (including phenoxy) is 3. The summed E-state index contributed by atoms with van der Waals surface area (Å²) in [5, 5.41) is 3.19. The second kappa shape index (κ2) is 7.88. The van der Waals surface area contributed by atoms with E-state index in [9.17, 15) is 4.79 Å². The minimum Gasteiger partial charge on any atom is -0.494 e. The zero-order chi connectivity index (χ0) is 15.9. The van der Waals surface area contributed by atoms with E-state index in [4.69, 9.17) is 14.2 Å². The van der Waals surface area contributed by atoms with Gasteiger partial charge in [-0.25, -0.2) is 4.79 Å².